The summed E-state index contributed by atoms with van der Waals surface area (Å²) in [5.41, 5.74) is 2.24. The minimum atomic E-state index is -0.726. The van der Waals surface area contributed by atoms with Crippen molar-refractivity contribution in [2.24, 2.45) is 0 Å². The summed E-state index contributed by atoms with van der Waals surface area (Å²) in [6.45, 7) is 8.56. The molecule has 1 aliphatic heterocycles. The zero-order chi connectivity index (χ0) is 16.5. The lowest BCUT2D eigenvalue weighted by Gasteiger charge is -2.48. The van der Waals surface area contributed by atoms with E-state index in [0.29, 0.717) is 13.1 Å². The molecule has 5 heteroatoms. The Bertz CT molecular complexity index is 524. The summed E-state index contributed by atoms with van der Waals surface area (Å²) < 4.78 is 6.20. The largest absolute Gasteiger partial charge is 0.485 e. The molecule has 1 aromatic rings. The number of aliphatic hydroxyl groups excluding tert-OH is 3. The van der Waals surface area contributed by atoms with Crippen molar-refractivity contribution in [2.75, 3.05) is 26.3 Å². The summed E-state index contributed by atoms with van der Waals surface area (Å²) in [6.07, 6.45) is -0.726. The lowest BCUT2D eigenvalue weighted by atomic mass is 9.83. The number of aliphatic hydroxyl groups is 3. The van der Waals surface area contributed by atoms with Gasteiger partial charge in [0.25, 0.3) is 0 Å². The Hall–Kier alpha value is -1.14. The van der Waals surface area contributed by atoms with Crippen molar-refractivity contribution in [2.45, 2.75) is 45.4 Å². The summed E-state index contributed by atoms with van der Waals surface area (Å²) in [5.74, 6) is 0.743. The molecule has 2 unspecified atom stereocenters. The van der Waals surface area contributed by atoms with E-state index < -0.39 is 11.7 Å². The fraction of sp³-hybridized carbons (Fsp3) is 0.647. The third-order valence-electron chi connectivity index (χ3n) is 4.31. The molecule has 124 valence electrons. The van der Waals surface area contributed by atoms with Gasteiger partial charge in [0.1, 0.15) is 17.5 Å². The summed E-state index contributed by atoms with van der Waals surface area (Å²) >= 11 is 0. The van der Waals surface area contributed by atoms with Gasteiger partial charge in [-0.05, 0) is 39.3 Å². The molecule has 0 aliphatic carbocycles. The van der Waals surface area contributed by atoms with E-state index in [9.17, 15) is 15.3 Å². The number of hydrogen-bond acceptors (Lipinski definition) is 5. The molecule has 0 radical (unpaired) electrons. The third kappa shape index (κ3) is 3.13. The lowest BCUT2D eigenvalue weighted by molar-refractivity contribution is -0.0887. The van der Waals surface area contributed by atoms with Gasteiger partial charge >= 0.3 is 0 Å². The highest BCUT2D eigenvalue weighted by atomic mass is 16.5. The molecule has 2 atom stereocenters. The number of hydrogen-bond donors (Lipinski definition) is 3. The molecule has 1 aliphatic rings. The van der Waals surface area contributed by atoms with Crippen molar-refractivity contribution in [3.8, 4) is 5.75 Å². The molecule has 22 heavy (non-hydrogen) atoms. The van der Waals surface area contributed by atoms with Gasteiger partial charge in [0.15, 0.2) is 0 Å². The Morgan fingerprint density at radius 1 is 1.14 bits per heavy atom. The van der Waals surface area contributed by atoms with Crippen LogP contribution in [0.2, 0.25) is 0 Å². The van der Waals surface area contributed by atoms with Gasteiger partial charge in [-0.15, -0.1) is 0 Å². The van der Waals surface area contributed by atoms with E-state index in [0.717, 1.165) is 22.4 Å². The minimum Gasteiger partial charge on any atom is -0.485 e. The van der Waals surface area contributed by atoms with Crippen LogP contribution in [0.4, 0.5) is 0 Å². The number of aryl methyl sites for hydroxylation is 2. The molecule has 0 bridgehead atoms. The van der Waals surface area contributed by atoms with Crippen LogP contribution in [0.3, 0.4) is 0 Å². The van der Waals surface area contributed by atoms with Crippen molar-refractivity contribution in [1.29, 1.82) is 0 Å². The van der Waals surface area contributed by atoms with Crippen molar-refractivity contribution >= 4 is 0 Å². The van der Waals surface area contributed by atoms with E-state index in [2.05, 4.69) is 0 Å². The third-order valence-corrected chi connectivity index (χ3v) is 4.31. The number of rotatable bonds is 5. The number of benzene rings is 1. The second-order valence-corrected chi connectivity index (χ2v) is 6.58. The van der Waals surface area contributed by atoms with Crippen LogP contribution in [0.15, 0.2) is 12.1 Å². The van der Waals surface area contributed by atoms with E-state index in [1.54, 1.807) is 0 Å². The fourth-order valence-electron chi connectivity index (χ4n) is 3.51. The first kappa shape index (κ1) is 17.2. The molecule has 0 saturated carbocycles. The Balaban J connectivity index is 2.46. The summed E-state index contributed by atoms with van der Waals surface area (Å²) in [4.78, 5) is 1.89. The zero-order valence-electron chi connectivity index (χ0n) is 13.8. The first-order valence-electron chi connectivity index (χ1n) is 7.75. The lowest BCUT2D eigenvalue weighted by Crippen LogP contribution is -2.59. The van der Waals surface area contributed by atoms with Crippen LogP contribution in [0.1, 0.15) is 36.6 Å². The molecule has 5 nitrogen and oxygen atoms in total. The average Bonchev–Trinajstić information content (AvgIpc) is 2.40. The maximum Gasteiger partial charge on any atom is 0.128 e. The predicted molar refractivity (Wildman–Crippen MR) is 85.1 cm³/mol. The van der Waals surface area contributed by atoms with Crippen molar-refractivity contribution in [1.82, 2.24) is 4.90 Å². The van der Waals surface area contributed by atoms with E-state index >= 15 is 0 Å². The topological polar surface area (TPSA) is 73.2 Å². The maximum atomic E-state index is 10.9. The highest BCUT2D eigenvalue weighted by Gasteiger charge is 2.46. The van der Waals surface area contributed by atoms with Gasteiger partial charge in [-0.3, -0.25) is 4.90 Å². The van der Waals surface area contributed by atoms with Crippen LogP contribution in [0.5, 0.6) is 5.75 Å². The van der Waals surface area contributed by atoms with Crippen LogP contribution < -0.4 is 4.74 Å². The Morgan fingerprint density at radius 3 is 2.27 bits per heavy atom. The Morgan fingerprint density at radius 2 is 1.73 bits per heavy atom. The standard InChI is InChI=1S/C17H27NO4/c1-11-9-12(2)15-13(10-11)14(21)16(17(3,4)22-15)18(5-7-19)6-8-20/h9-10,14,16,19-21H,5-8H2,1-4H3. The van der Waals surface area contributed by atoms with Crippen molar-refractivity contribution < 1.29 is 20.1 Å². The molecule has 0 spiro atoms. The van der Waals surface area contributed by atoms with Crippen molar-refractivity contribution in [3.05, 3.63) is 28.8 Å². The van der Waals surface area contributed by atoms with Gasteiger partial charge in [-0.1, -0.05) is 11.6 Å². The first-order chi connectivity index (χ1) is 10.3. The predicted octanol–water partition coefficient (Wildman–Crippen LogP) is 1.16. The highest BCUT2D eigenvalue weighted by Crippen LogP contribution is 2.44. The van der Waals surface area contributed by atoms with Crippen LogP contribution in [0, 0.1) is 13.8 Å². The van der Waals surface area contributed by atoms with Gasteiger partial charge in [0, 0.05) is 18.7 Å². The van der Waals surface area contributed by atoms with Crippen LogP contribution in [0.25, 0.3) is 0 Å². The van der Waals surface area contributed by atoms with Gasteiger partial charge < -0.3 is 20.1 Å². The number of ether oxygens (including phenoxy) is 1. The summed E-state index contributed by atoms with van der Waals surface area (Å²) in [5, 5.41) is 29.5. The molecule has 1 aromatic carbocycles. The zero-order valence-corrected chi connectivity index (χ0v) is 13.8. The van der Waals surface area contributed by atoms with Gasteiger partial charge in [0.05, 0.1) is 19.3 Å². The second kappa shape index (κ2) is 6.54. The summed E-state index contributed by atoms with van der Waals surface area (Å²) in [7, 11) is 0. The quantitative estimate of drug-likeness (QED) is 0.761. The highest BCUT2D eigenvalue weighted by molar-refractivity contribution is 5.48. The SMILES string of the molecule is Cc1cc(C)c2c(c1)C(O)C(N(CCO)CCO)C(C)(C)O2. The number of nitrogens with zero attached hydrogens (tertiary/aromatic N) is 1. The molecule has 0 fully saturated rings. The van der Waals surface area contributed by atoms with Crippen LogP contribution >= 0.6 is 0 Å². The van der Waals surface area contributed by atoms with Gasteiger partial charge in [0.2, 0.25) is 0 Å². The normalized spacial score (nSPS) is 23.3. The molecule has 0 aromatic heterocycles. The molecule has 1 heterocycles. The fourth-order valence-corrected chi connectivity index (χ4v) is 3.51. The van der Waals surface area contributed by atoms with E-state index in [-0.39, 0.29) is 19.3 Å². The van der Waals surface area contributed by atoms with Gasteiger partial charge in [-0.2, -0.15) is 0 Å². The molecule has 2 rings (SSSR count). The van der Waals surface area contributed by atoms with Crippen LogP contribution in [-0.4, -0.2) is 58.2 Å². The molecule has 0 saturated heterocycles. The molecular weight excluding hydrogens is 282 g/mol. The maximum absolute atomic E-state index is 10.9. The van der Waals surface area contributed by atoms with E-state index in [1.165, 1.54) is 0 Å². The number of fused-ring (bicyclic) bond motifs is 1. The second-order valence-electron chi connectivity index (χ2n) is 6.58. The summed E-state index contributed by atoms with van der Waals surface area (Å²) in [6, 6.07) is 3.66. The Labute approximate surface area is 132 Å². The molecule has 0 amide bonds. The molecule has 3 N–H and O–H groups in total. The van der Waals surface area contributed by atoms with Crippen molar-refractivity contribution in [3.63, 3.8) is 0 Å². The van der Waals surface area contributed by atoms with Crippen LogP contribution in [-0.2, 0) is 0 Å². The first-order valence-corrected chi connectivity index (χ1v) is 7.75. The van der Waals surface area contributed by atoms with E-state index in [4.69, 9.17) is 4.74 Å². The monoisotopic (exact) mass is 309 g/mol. The molecular formula is C17H27NO4. The smallest absolute Gasteiger partial charge is 0.128 e. The van der Waals surface area contributed by atoms with E-state index in [1.807, 2.05) is 44.7 Å². The average molecular weight is 309 g/mol. The Kier molecular flexibility index (Phi) is 5.12. The minimum absolute atomic E-state index is 0.0288. The van der Waals surface area contributed by atoms with Gasteiger partial charge in [-0.25, -0.2) is 0 Å².